The molecule has 2 nitrogen and oxygen atoms in total. The van der Waals surface area contributed by atoms with Gasteiger partial charge in [0, 0.05) is 21.7 Å². The topological polar surface area (TPSA) is 25.8 Å². The molecule has 0 aliphatic heterocycles. The average Bonchev–Trinajstić information content (AvgIpc) is 2.30. The predicted molar refractivity (Wildman–Crippen MR) is 70.8 cm³/mol. The van der Waals surface area contributed by atoms with Gasteiger partial charge in [-0.1, -0.05) is 23.9 Å². The van der Waals surface area contributed by atoms with Crippen LogP contribution in [0.3, 0.4) is 0 Å². The highest BCUT2D eigenvalue weighted by atomic mass is 127. The Labute approximate surface area is 107 Å². The molecule has 0 aliphatic carbocycles. The van der Waals surface area contributed by atoms with Crippen molar-refractivity contribution in [1.82, 2.24) is 9.97 Å². The molecule has 0 fully saturated rings. The van der Waals surface area contributed by atoms with Crippen molar-refractivity contribution < 1.29 is 0 Å². The standard InChI is InChI=1S/C11H9IN2S/c12-10-4-2-9(3-5-10)8-15-11-13-6-1-7-14-11/h1-7H,8H2. The molecule has 0 aliphatic rings. The number of halogens is 1. The van der Waals surface area contributed by atoms with E-state index in [0.717, 1.165) is 10.9 Å². The zero-order valence-corrected chi connectivity index (χ0v) is 10.9. The van der Waals surface area contributed by atoms with Gasteiger partial charge < -0.3 is 0 Å². The summed E-state index contributed by atoms with van der Waals surface area (Å²) in [7, 11) is 0. The fourth-order valence-corrected chi connectivity index (χ4v) is 2.21. The number of nitrogens with zero attached hydrogens (tertiary/aromatic N) is 2. The maximum atomic E-state index is 4.16. The van der Waals surface area contributed by atoms with E-state index in [-0.39, 0.29) is 0 Å². The van der Waals surface area contributed by atoms with Crippen LogP contribution < -0.4 is 0 Å². The molecule has 0 saturated heterocycles. The summed E-state index contributed by atoms with van der Waals surface area (Å²) in [6, 6.07) is 10.3. The van der Waals surface area contributed by atoms with Crippen molar-refractivity contribution in [3.8, 4) is 0 Å². The van der Waals surface area contributed by atoms with Gasteiger partial charge in [-0.25, -0.2) is 9.97 Å². The first-order valence-corrected chi connectivity index (χ1v) is 6.55. The van der Waals surface area contributed by atoms with Crippen LogP contribution in [0.25, 0.3) is 0 Å². The van der Waals surface area contributed by atoms with Crippen molar-refractivity contribution in [1.29, 1.82) is 0 Å². The third kappa shape index (κ3) is 3.46. The molecule has 1 aromatic carbocycles. The highest BCUT2D eigenvalue weighted by Crippen LogP contribution is 2.18. The average molecular weight is 328 g/mol. The van der Waals surface area contributed by atoms with Crippen molar-refractivity contribution in [2.45, 2.75) is 10.9 Å². The van der Waals surface area contributed by atoms with Gasteiger partial charge in [0.25, 0.3) is 0 Å². The van der Waals surface area contributed by atoms with E-state index in [1.54, 1.807) is 24.2 Å². The summed E-state index contributed by atoms with van der Waals surface area (Å²) in [5.74, 6) is 0.918. The molecular formula is C11H9IN2S. The van der Waals surface area contributed by atoms with E-state index < -0.39 is 0 Å². The van der Waals surface area contributed by atoms with Crippen LogP contribution in [0.1, 0.15) is 5.56 Å². The molecule has 0 radical (unpaired) electrons. The summed E-state index contributed by atoms with van der Waals surface area (Å²) in [5.41, 5.74) is 1.30. The first-order valence-electron chi connectivity index (χ1n) is 4.49. The summed E-state index contributed by atoms with van der Waals surface area (Å²) in [6.45, 7) is 0. The first kappa shape index (κ1) is 10.9. The Morgan fingerprint density at radius 3 is 2.40 bits per heavy atom. The molecule has 15 heavy (non-hydrogen) atoms. The molecular weight excluding hydrogens is 319 g/mol. The molecule has 1 heterocycles. The van der Waals surface area contributed by atoms with Gasteiger partial charge in [0.05, 0.1) is 0 Å². The van der Waals surface area contributed by atoms with Crippen LogP contribution in [0.5, 0.6) is 0 Å². The Bertz CT molecular complexity index is 416. The Morgan fingerprint density at radius 2 is 1.73 bits per heavy atom. The largest absolute Gasteiger partial charge is 0.231 e. The van der Waals surface area contributed by atoms with Crippen LogP contribution >= 0.6 is 34.4 Å². The van der Waals surface area contributed by atoms with E-state index in [2.05, 4.69) is 56.8 Å². The van der Waals surface area contributed by atoms with E-state index in [4.69, 9.17) is 0 Å². The lowest BCUT2D eigenvalue weighted by atomic mass is 10.2. The Morgan fingerprint density at radius 1 is 1.07 bits per heavy atom. The van der Waals surface area contributed by atoms with E-state index in [1.807, 2.05) is 6.07 Å². The number of rotatable bonds is 3. The Hall–Kier alpha value is -0.620. The number of hydrogen-bond donors (Lipinski definition) is 0. The molecule has 1 aromatic heterocycles. The second-order valence-electron chi connectivity index (χ2n) is 2.95. The second-order valence-corrected chi connectivity index (χ2v) is 5.13. The maximum Gasteiger partial charge on any atom is 0.187 e. The van der Waals surface area contributed by atoms with Gasteiger partial charge in [0.2, 0.25) is 0 Å². The summed E-state index contributed by atoms with van der Waals surface area (Å²) in [6.07, 6.45) is 3.53. The minimum atomic E-state index is 0.830. The van der Waals surface area contributed by atoms with Crippen LogP contribution in [0, 0.1) is 3.57 Å². The van der Waals surface area contributed by atoms with Crippen LogP contribution in [-0.4, -0.2) is 9.97 Å². The normalized spacial score (nSPS) is 10.2. The third-order valence-electron chi connectivity index (χ3n) is 1.82. The minimum Gasteiger partial charge on any atom is -0.231 e. The molecule has 76 valence electrons. The molecule has 0 N–H and O–H groups in total. The van der Waals surface area contributed by atoms with Gasteiger partial charge >= 0.3 is 0 Å². The fraction of sp³-hybridized carbons (Fsp3) is 0.0909. The molecule has 0 unspecified atom stereocenters. The quantitative estimate of drug-likeness (QED) is 0.491. The van der Waals surface area contributed by atoms with E-state index in [9.17, 15) is 0 Å². The lowest BCUT2D eigenvalue weighted by molar-refractivity contribution is 0.966. The van der Waals surface area contributed by atoms with Gasteiger partial charge in [-0.15, -0.1) is 0 Å². The molecule has 0 amide bonds. The molecule has 0 saturated carbocycles. The summed E-state index contributed by atoms with van der Waals surface area (Å²) in [5, 5.41) is 0.830. The number of benzene rings is 1. The lowest BCUT2D eigenvalue weighted by Crippen LogP contribution is -1.85. The van der Waals surface area contributed by atoms with Crippen molar-refractivity contribution in [2.24, 2.45) is 0 Å². The Kier molecular flexibility index (Phi) is 3.96. The molecule has 0 atom stereocenters. The minimum absolute atomic E-state index is 0.830. The Balaban J connectivity index is 1.96. The van der Waals surface area contributed by atoms with Crippen molar-refractivity contribution in [3.05, 3.63) is 51.9 Å². The summed E-state index contributed by atoms with van der Waals surface area (Å²) < 4.78 is 1.26. The zero-order chi connectivity index (χ0) is 10.5. The number of hydrogen-bond acceptors (Lipinski definition) is 3. The third-order valence-corrected chi connectivity index (χ3v) is 3.49. The smallest absolute Gasteiger partial charge is 0.187 e. The van der Waals surface area contributed by atoms with Gasteiger partial charge in [-0.05, 0) is 46.4 Å². The zero-order valence-electron chi connectivity index (χ0n) is 7.93. The summed E-state index contributed by atoms with van der Waals surface area (Å²) >= 11 is 3.96. The van der Waals surface area contributed by atoms with Gasteiger partial charge in [0.1, 0.15) is 0 Å². The number of thioether (sulfide) groups is 1. The highest BCUT2D eigenvalue weighted by molar-refractivity contribution is 14.1. The molecule has 4 heteroatoms. The summed E-state index contributed by atoms with van der Waals surface area (Å²) in [4.78, 5) is 8.32. The molecule has 2 rings (SSSR count). The molecule has 0 bridgehead atoms. The monoisotopic (exact) mass is 328 g/mol. The number of aromatic nitrogens is 2. The lowest BCUT2D eigenvalue weighted by Gasteiger charge is -2.00. The van der Waals surface area contributed by atoms with Gasteiger partial charge in [-0.2, -0.15) is 0 Å². The van der Waals surface area contributed by atoms with Crippen LogP contribution in [0.4, 0.5) is 0 Å². The highest BCUT2D eigenvalue weighted by Gasteiger charge is 1.97. The fourth-order valence-electron chi connectivity index (χ4n) is 1.09. The van der Waals surface area contributed by atoms with E-state index >= 15 is 0 Å². The van der Waals surface area contributed by atoms with E-state index in [1.165, 1.54) is 9.13 Å². The predicted octanol–water partition coefficient (Wildman–Crippen LogP) is 3.37. The van der Waals surface area contributed by atoms with Crippen molar-refractivity contribution in [2.75, 3.05) is 0 Å². The SMILES string of the molecule is Ic1ccc(CSc2ncccn2)cc1. The molecule has 2 aromatic rings. The van der Waals surface area contributed by atoms with Gasteiger partial charge in [0.15, 0.2) is 5.16 Å². The van der Waals surface area contributed by atoms with Crippen molar-refractivity contribution in [3.63, 3.8) is 0 Å². The molecule has 0 spiro atoms. The van der Waals surface area contributed by atoms with E-state index in [0.29, 0.717) is 0 Å². The second kappa shape index (κ2) is 5.46. The van der Waals surface area contributed by atoms with Gasteiger partial charge in [-0.3, -0.25) is 0 Å². The van der Waals surface area contributed by atoms with Crippen molar-refractivity contribution >= 4 is 34.4 Å². The van der Waals surface area contributed by atoms with Crippen LogP contribution in [0.2, 0.25) is 0 Å². The van der Waals surface area contributed by atoms with Crippen LogP contribution in [-0.2, 0) is 5.75 Å². The maximum absolute atomic E-state index is 4.16. The van der Waals surface area contributed by atoms with Crippen LogP contribution in [0.15, 0.2) is 47.9 Å². The first-order chi connectivity index (χ1) is 7.34.